The van der Waals surface area contributed by atoms with Crippen LogP contribution in [0.5, 0.6) is 0 Å². The second kappa shape index (κ2) is 4.71. The van der Waals surface area contributed by atoms with Crippen molar-refractivity contribution in [1.82, 2.24) is 0 Å². The molecule has 1 unspecified atom stereocenters. The van der Waals surface area contributed by atoms with E-state index in [1.165, 1.54) is 21.7 Å². The van der Waals surface area contributed by atoms with E-state index in [0.29, 0.717) is 6.04 Å². The molecule has 1 atom stereocenters. The fourth-order valence-electron chi connectivity index (χ4n) is 1.92. The first-order valence-electron chi connectivity index (χ1n) is 5.53. The van der Waals surface area contributed by atoms with Crippen LogP contribution in [0.2, 0.25) is 0 Å². The SMILES string of the molecule is Cc1cc(C)cc(NC(C)c2cccs2)c1. The average molecular weight is 231 g/mol. The Hall–Kier alpha value is -1.28. The summed E-state index contributed by atoms with van der Waals surface area (Å²) in [4.78, 5) is 1.37. The summed E-state index contributed by atoms with van der Waals surface area (Å²) in [6.07, 6.45) is 0. The van der Waals surface area contributed by atoms with Crippen LogP contribution in [0.1, 0.15) is 29.0 Å². The van der Waals surface area contributed by atoms with E-state index in [2.05, 4.69) is 61.8 Å². The van der Waals surface area contributed by atoms with Crippen LogP contribution in [-0.4, -0.2) is 0 Å². The summed E-state index contributed by atoms with van der Waals surface area (Å²) in [5.41, 5.74) is 3.82. The van der Waals surface area contributed by atoms with Crippen molar-refractivity contribution >= 4 is 17.0 Å². The third-order valence-electron chi connectivity index (χ3n) is 2.57. The van der Waals surface area contributed by atoms with Crippen LogP contribution in [0.4, 0.5) is 5.69 Å². The van der Waals surface area contributed by atoms with Crippen LogP contribution in [0.15, 0.2) is 35.7 Å². The Morgan fingerprint density at radius 1 is 1.12 bits per heavy atom. The molecule has 0 aliphatic heterocycles. The van der Waals surface area contributed by atoms with Gasteiger partial charge in [0.15, 0.2) is 0 Å². The fraction of sp³-hybridized carbons (Fsp3) is 0.286. The summed E-state index contributed by atoms with van der Waals surface area (Å²) in [6.45, 7) is 6.46. The normalized spacial score (nSPS) is 12.4. The van der Waals surface area contributed by atoms with Crippen molar-refractivity contribution in [3.63, 3.8) is 0 Å². The van der Waals surface area contributed by atoms with Crippen LogP contribution in [0, 0.1) is 13.8 Å². The zero-order chi connectivity index (χ0) is 11.5. The van der Waals surface area contributed by atoms with Crippen LogP contribution < -0.4 is 5.32 Å². The van der Waals surface area contributed by atoms with Gasteiger partial charge in [-0.15, -0.1) is 11.3 Å². The lowest BCUT2D eigenvalue weighted by Crippen LogP contribution is -2.05. The van der Waals surface area contributed by atoms with Gasteiger partial charge in [0.1, 0.15) is 0 Å². The van der Waals surface area contributed by atoms with Gasteiger partial charge in [-0.25, -0.2) is 0 Å². The van der Waals surface area contributed by atoms with Gasteiger partial charge < -0.3 is 5.32 Å². The molecule has 1 aromatic carbocycles. The summed E-state index contributed by atoms with van der Waals surface area (Å²) in [5, 5.41) is 5.66. The maximum atomic E-state index is 3.54. The third kappa shape index (κ3) is 2.64. The van der Waals surface area contributed by atoms with E-state index >= 15 is 0 Å². The Kier molecular flexibility index (Phi) is 3.30. The molecule has 0 aliphatic carbocycles. The molecule has 2 aromatic rings. The number of anilines is 1. The summed E-state index contributed by atoms with van der Waals surface area (Å²) >= 11 is 1.80. The highest BCUT2D eigenvalue weighted by atomic mass is 32.1. The van der Waals surface area contributed by atoms with Gasteiger partial charge in [-0.2, -0.15) is 0 Å². The molecule has 1 N–H and O–H groups in total. The fourth-order valence-corrected chi connectivity index (χ4v) is 2.65. The van der Waals surface area contributed by atoms with E-state index in [1.54, 1.807) is 11.3 Å². The zero-order valence-electron chi connectivity index (χ0n) is 9.95. The molecule has 0 saturated carbocycles. The number of benzene rings is 1. The predicted octanol–water partition coefficient (Wildman–Crippen LogP) is 4.54. The molecule has 2 heteroatoms. The van der Waals surface area contributed by atoms with Gasteiger partial charge in [0.05, 0.1) is 6.04 Å². The summed E-state index contributed by atoms with van der Waals surface area (Å²) in [5.74, 6) is 0. The van der Waals surface area contributed by atoms with Crippen molar-refractivity contribution in [3.8, 4) is 0 Å². The molecule has 0 bridgehead atoms. The van der Waals surface area contributed by atoms with Crippen molar-refractivity contribution in [2.45, 2.75) is 26.8 Å². The monoisotopic (exact) mass is 231 g/mol. The number of rotatable bonds is 3. The van der Waals surface area contributed by atoms with Gasteiger partial charge in [0.25, 0.3) is 0 Å². The number of aryl methyl sites for hydroxylation is 2. The van der Waals surface area contributed by atoms with Gasteiger partial charge in [-0.1, -0.05) is 12.1 Å². The van der Waals surface area contributed by atoms with Crippen LogP contribution in [-0.2, 0) is 0 Å². The van der Waals surface area contributed by atoms with E-state index in [-0.39, 0.29) is 0 Å². The lowest BCUT2D eigenvalue weighted by molar-refractivity contribution is 0.907. The van der Waals surface area contributed by atoms with Crippen molar-refractivity contribution in [3.05, 3.63) is 51.7 Å². The minimum atomic E-state index is 0.376. The molecule has 0 amide bonds. The minimum Gasteiger partial charge on any atom is -0.378 e. The second-order valence-corrected chi connectivity index (χ2v) is 5.24. The highest BCUT2D eigenvalue weighted by molar-refractivity contribution is 7.10. The number of hydrogen-bond donors (Lipinski definition) is 1. The highest BCUT2D eigenvalue weighted by Crippen LogP contribution is 2.24. The largest absolute Gasteiger partial charge is 0.378 e. The van der Waals surface area contributed by atoms with Gasteiger partial charge in [-0.3, -0.25) is 0 Å². The summed E-state index contributed by atoms with van der Waals surface area (Å²) < 4.78 is 0. The third-order valence-corrected chi connectivity index (χ3v) is 3.63. The van der Waals surface area contributed by atoms with E-state index in [4.69, 9.17) is 0 Å². The second-order valence-electron chi connectivity index (χ2n) is 4.26. The van der Waals surface area contributed by atoms with Gasteiger partial charge in [0, 0.05) is 10.6 Å². The number of nitrogens with one attached hydrogen (secondary N) is 1. The Bertz CT molecular complexity index is 439. The molecule has 1 nitrogen and oxygen atoms in total. The molecule has 1 aromatic heterocycles. The standard InChI is InChI=1S/C14H17NS/c1-10-7-11(2)9-13(8-10)15-12(3)14-5-4-6-16-14/h4-9,12,15H,1-3H3. The molecular formula is C14H17NS. The molecule has 16 heavy (non-hydrogen) atoms. The van der Waals surface area contributed by atoms with Gasteiger partial charge in [0.2, 0.25) is 0 Å². The van der Waals surface area contributed by atoms with Crippen LogP contribution >= 0.6 is 11.3 Å². The van der Waals surface area contributed by atoms with Crippen molar-refractivity contribution < 1.29 is 0 Å². The van der Waals surface area contributed by atoms with Crippen LogP contribution in [0.3, 0.4) is 0 Å². The van der Waals surface area contributed by atoms with Gasteiger partial charge >= 0.3 is 0 Å². The topological polar surface area (TPSA) is 12.0 Å². The molecule has 0 radical (unpaired) electrons. The maximum absolute atomic E-state index is 3.54. The zero-order valence-corrected chi connectivity index (χ0v) is 10.8. The molecular weight excluding hydrogens is 214 g/mol. The van der Waals surface area contributed by atoms with E-state index in [1.807, 2.05) is 0 Å². The highest BCUT2D eigenvalue weighted by Gasteiger charge is 2.06. The molecule has 0 aliphatic rings. The quantitative estimate of drug-likeness (QED) is 0.818. The van der Waals surface area contributed by atoms with E-state index < -0.39 is 0 Å². The molecule has 84 valence electrons. The first kappa shape index (κ1) is 11.2. The smallest absolute Gasteiger partial charge is 0.0578 e. The summed E-state index contributed by atoms with van der Waals surface area (Å²) in [7, 11) is 0. The first-order chi connectivity index (χ1) is 7.65. The molecule has 0 saturated heterocycles. The molecule has 2 rings (SSSR count). The van der Waals surface area contributed by atoms with E-state index in [0.717, 1.165) is 0 Å². The number of thiophene rings is 1. The molecule has 1 heterocycles. The molecule has 0 fully saturated rings. The lowest BCUT2D eigenvalue weighted by atomic mass is 10.1. The Morgan fingerprint density at radius 2 is 1.81 bits per heavy atom. The Morgan fingerprint density at radius 3 is 2.38 bits per heavy atom. The Balaban J connectivity index is 2.15. The first-order valence-corrected chi connectivity index (χ1v) is 6.41. The maximum Gasteiger partial charge on any atom is 0.0578 e. The van der Waals surface area contributed by atoms with Gasteiger partial charge in [-0.05, 0) is 55.5 Å². The molecule has 0 spiro atoms. The Labute approximate surface area is 101 Å². The minimum absolute atomic E-state index is 0.376. The van der Waals surface area contributed by atoms with Crippen molar-refractivity contribution in [2.75, 3.05) is 5.32 Å². The van der Waals surface area contributed by atoms with Crippen LogP contribution in [0.25, 0.3) is 0 Å². The summed E-state index contributed by atoms with van der Waals surface area (Å²) in [6, 6.07) is 11.2. The van der Waals surface area contributed by atoms with E-state index in [9.17, 15) is 0 Å². The van der Waals surface area contributed by atoms with Crippen molar-refractivity contribution in [2.24, 2.45) is 0 Å². The van der Waals surface area contributed by atoms with Crippen molar-refractivity contribution in [1.29, 1.82) is 0 Å². The lowest BCUT2D eigenvalue weighted by Gasteiger charge is -2.14. The average Bonchev–Trinajstić information content (AvgIpc) is 2.68. The number of hydrogen-bond acceptors (Lipinski definition) is 2. The predicted molar refractivity (Wildman–Crippen MR) is 72.3 cm³/mol.